The number of rotatable bonds is 6. The average molecular weight is 556 g/mol. The Balaban J connectivity index is 1.67. The second kappa shape index (κ2) is 10.2. The van der Waals surface area contributed by atoms with Gasteiger partial charge in [-0.3, -0.25) is 14.2 Å². The maximum atomic E-state index is 14.9. The zero-order valence-electron chi connectivity index (χ0n) is 20.1. The van der Waals surface area contributed by atoms with Crippen molar-refractivity contribution in [3.05, 3.63) is 63.7 Å². The number of carbonyl (C=O) groups is 1. The van der Waals surface area contributed by atoms with Gasteiger partial charge in [0.25, 0.3) is 5.91 Å². The third-order valence-electron chi connectivity index (χ3n) is 6.70. The topological polar surface area (TPSA) is 96.7 Å². The molecule has 0 radical (unpaired) electrons. The predicted molar refractivity (Wildman–Crippen MR) is 126 cm³/mol. The quantitative estimate of drug-likeness (QED) is 0.454. The van der Waals surface area contributed by atoms with Gasteiger partial charge in [-0.2, -0.15) is 13.2 Å². The van der Waals surface area contributed by atoms with Crippen LogP contribution >= 0.6 is 0 Å². The molecule has 208 valence electrons. The van der Waals surface area contributed by atoms with Crippen molar-refractivity contribution in [1.82, 2.24) is 14.9 Å². The van der Waals surface area contributed by atoms with Crippen LogP contribution < -0.4 is 15.6 Å². The van der Waals surface area contributed by atoms with Gasteiger partial charge in [-0.15, -0.1) is 0 Å². The number of aliphatic hydroxyl groups is 1. The maximum Gasteiger partial charge on any atom is 0.408 e. The Hall–Kier alpha value is -3.65. The maximum absolute atomic E-state index is 14.9. The highest BCUT2D eigenvalue weighted by Crippen LogP contribution is 2.40. The molecule has 2 aliphatic rings. The van der Waals surface area contributed by atoms with E-state index in [1.807, 2.05) is 5.32 Å². The second-order valence-electron chi connectivity index (χ2n) is 9.45. The van der Waals surface area contributed by atoms with Crippen LogP contribution in [-0.2, 0) is 4.74 Å². The SMILES string of the molecule is O=C(N[C@@H](C1CC1)C(F)(F)F)c1cn(-c2c(F)cc(F)cc2F)c2nc(N3CCOC(CO)C3)ccc2c1=O. The van der Waals surface area contributed by atoms with Gasteiger partial charge in [0, 0.05) is 31.4 Å². The number of nitrogens with one attached hydrogen (secondary N) is 1. The summed E-state index contributed by atoms with van der Waals surface area (Å²) in [5.41, 5.74) is -3.01. The fraction of sp³-hybridized carbons (Fsp3) is 0.400. The highest BCUT2D eigenvalue weighted by Gasteiger charge is 2.50. The third kappa shape index (κ3) is 5.30. The Labute approximate surface area is 216 Å². The van der Waals surface area contributed by atoms with Crippen molar-refractivity contribution >= 4 is 22.8 Å². The summed E-state index contributed by atoms with van der Waals surface area (Å²) >= 11 is 0. The average Bonchev–Trinajstić information content (AvgIpc) is 3.72. The van der Waals surface area contributed by atoms with Crippen molar-refractivity contribution in [2.45, 2.75) is 31.2 Å². The third-order valence-corrected chi connectivity index (χ3v) is 6.70. The molecule has 0 spiro atoms. The van der Waals surface area contributed by atoms with Crippen LogP contribution in [0.15, 0.2) is 35.3 Å². The predicted octanol–water partition coefficient (Wildman–Crippen LogP) is 3.07. The van der Waals surface area contributed by atoms with Crippen molar-refractivity contribution in [2.24, 2.45) is 5.92 Å². The molecule has 1 saturated heterocycles. The van der Waals surface area contributed by atoms with E-state index in [0.29, 0.717) is 29.4 Å². The number of halogens is 6. The zero-order chi connectivity index (χ0) is 28.1. The first-order valence-corrected chi connectivity index (χ1v) is 12.0. The molecular weight excluding hydrogens is 534 g/mol. The summed E-state index contributed by atoms with van der Waals surface area (Å²) in [4.78, 5) is 32.3. The fourth-order valence-corrected chi connectivity index (χ4v) is 4.62. The van der Waals surface area contributed by atoms with Gasteiger partial charge >= 0.3 is 6.18 Å². The van der Waals surface area contributed by atoms with Crippen molar-refractivity contribution in [1.29, 1.82) is 0 Å². The van der Waals surface area contributed by atoms with E-state index in [0.717, 1.165) is 0 Å². The standard InChI is InChI=1S/C25H22F6N4O4/c26-13-7-17(27)20(18(28)8-13)35-10-16(24(38)33-22(12-1-2-12)25(29,30)31)21(37)15-3-4-19(32-23(15)35)34-5-6-39-14(9-34)11-36/h3-4,7-8,10,12,14,22,36H,1-2,5-6,9,11H2,(H,33,38)/t14?,22-/m0/s1. The Morgan fingerprint density at radius 3 is 2.49 bits per heavy atom. The molecule has 1 aliphatic heterocycles. The lowest BCUT2D eigenvalue weighted by Crippen LogP contribution is -2.48. The molecule has 1 unspecified atom stereocenters. The molecule has 39 heavy (non-hydrogen) atoms. The van der Waals surface area contributed by atoms with Crippen LogP contribution in [0.2, 0.25) is 0 Å². The number of morpholine rings is 1. The molecule has 2 fully saturated rings. The number of hydrogen-bond donors (Lipinski definition) is 2. The van der Waals surface area contributed by atoms with Crippen LogP contribution in [0.5, 0.6) is 0 Å². The fourth-order valence-electron chi connectivity index (χ4n) is 4.62. The number of pyridine rings is 2. The smallest absolute Gasteiger partial charge is 0.394 e. The molecule has 1 aromatic carbocycles. The molecule has 2 aromatic heterocycles. The van der Waals surface area contributed by atoms with E-state index in [-0.39, 0.29) is 49.5 Å². The van der Waals surface area contributed by atoms with Crippen molar-refractivity contribution in [3.8, 4) is 5.69 Å². The van der Waals surface area contributed by atoms with E-state index in [4.69, 9.17) is 4.74 Å². The van der Waals surface area contributed by atoms with Gasteiger partial charge in [0.1, 0.15) is 28.9 Å². The summed E-state index contributed by atoms with van der Waals surface area (Å²) in [6.45, 7) is 0.497. The minimum Gasteiger partial charge on any atom is -0.394 e. The van der Waals surface area contributed by atoms with Crippen LogP contribution in [0.25, 0.3) is 16.7 Å². The molecular formula is C25H22F6N4O4. The number of ether oxygens (including phenoxy) is 1. The van der Waals surface area contributed by atoms with Crippen LogP contribution in [0.4, 0.5) is 32.2 Å². The van der Waals surface area contributed by atoms with Crippen LogP contribution in [0, 0.1) is 23.4 Å². The molecule has 2 atom stereocenters. The largest absolute Gasteiger partial charge is 0.408 e. The number of aromatic nitrogens is 2. The number of fused-ring (bicyclic) bond motifs is 1. The molecule has 3 aromatic rings. The molecule has 0 bridgehead atoms. The first-order chi connectivity index (χ1) is 18.5. The van der Waals surface area contributed by atoms with Gasteiger partial charge < -0.3 is 20.1 Å². The summed E-state index contributed by atoms with van der Waals surface area (Å²) in [7, 11) is 0. The highest BCUT2D eigenvalue weighted by atomic mass is 19.4. The molecule has 5 rings (SSSR count). The number of alkyl halides is 3. The van der Waals surface area contributed by atoms with E-state index in [2.05, 4.69) is 4.98 Å². The zero-order valence-corrected chi connectivity index (χ0v) is 20.1. The summed E-state index contributed by atoms with van der Waals surface area (Å²) in [6, 6.07) is 1.20. The normalized spacial score (nSPS) is 18.8. The molecule has 14 heteroatoms. The van der Waals surface area contributed by atoms with E-state index < -0.39 is 64.3 Å². The van der Waals surface area contributed by atoms with E-state index in [1.54, 1.807) is 4.90 Å². The van der Waals surface area contributed by atoms with Gasteiger partial charge in [-0.05, 0) is 30.9 Å². The Kier molecular flexibility index (Phi) is 7.01. The Morgan fingerprint density at radius 2 is 1.87 bits per heavy atom. The van der Waals surface area contributed by atoms with E-state index in [1.165, 1.54) is 12.1 Å². The summed E-state index contributed by atoms with van der Waals surface area (Å²) in [5.74, 6) is -6.00. The molecule has 1 saturated carbocycles. The first-order valence-electron chi connectivity index (χ1n) is 12.0. The lowest BCUT2D eigenvalue weighted by atomic mass is 10.1. The number of anilines is 1. The Morgan fingerprint density at radius 1 is 1.18 bits per heavy atom. The summed E-state index contributed by atoms with van der Waals surface area (Å²) in [6.07, 6.45) is -4.13. The molecule has 3 heterocycles. The van der Waals surface area contributed by atoms with E-state index in [9.17, 15) is 41.0 Å². The monoisotopic (exact) mass is 556 g/mol. The summed E-state index contributed by atoms with van der Waals surface area (Å²) in [5, 5.41) is 11.0. The molecule has 8 nitrogen and oxygen atoms in total. The number of amides is 1. The number of hydrogen-bond acceptors (Lipinski definition) is 6. The van der Waals surface area contributed by atoms with Crippen molar-refractivity contribution in [3.63, 3.8) is 0 Å². The summed E-state index contributed by atoms with van der Waals surface area (Å²) < 4.78 is 90.1. The number of nitrogens with zero attached hydrogens (tertiary/aromatic N) is 3. The van der Waals surface area contributed by atoms with Crippen molar-refractivity contribution < 1.29 is 41.0 Å². The Bertz CT molecular complexity index is 1470. The molecule has 1 aliphatic carbocycles. The lowest BCUT2D eigenvalue weighted by Gasteiger charge is -2.33. The minimum atomic E-state index is -4.77. The van der Waals surface area contributed by atoms with Gasteiger partial charge in [0.05, 0.1) is 24.7 Å². The van der Waals surface area contributed by atoms with Crippen LogP contribution in [0.1, 0.15) is 23.2 Å². The van der Waals surface area contributed by atoms with Crippen molar-refractivity contribution in [2.75, 3.05) is 31.2 Å². The van der Waals surface area contributed by atoms with E-state index >= 15 is 0 Å². The number of benzene rings is 1. The number of aliphatic hydroxyl groups excluding tert-OH is 1. The number of carbonyl (C=O) groups excluding carboxylic acids is 1. The molecule has 2 N–H and O–H groups in total. The van der Waals surface area contributed by atoms with Gasteiger partial charge in [0.2, 0.25) is 5.43 Å². The lowest BCUT2D eigenvalue weighted by molar-refractivity contribution is -0.158. The second-order valence-corrected chi connectivity index (χ2v) is 9.45. The highest BCUT2D eigenvalue weighted by molar-refractivity contribution is 5.97. The van der Waals surface area contributed by atoms with Gasteiger partial charge in [-0.25, -0.2) is 18.2 Å². The van der Waals surface area contributed by atoms with Gasteiger partial charge in [-0.1, -0.05) is 0 Å². The first kappa shape index (κ1) is 26.9. The molecule has 1 amide bonds. The minimum absolute atomic E-state index is 0.207. The van der Waals surface area contributed by atoms with Crippen LogP contribution in [0.3, 0.4) is 0 Å². The van der Waals surface area contributed by atoms with Crippen LogP contribution in [-0.4, -0.2) is 65.2 Å². The van der Waals surface area contributed by atoms with Gasteiger partial charge in [0.15, 0.2) is 17.3 Å².